The maximum absolute atomic E-state index is 13.3. The minimum absolute atomic E-state index is 0.0344. The second-order valence-corrected chi connectivity index (χ2v) is 9.67. The van der Waals surface area contributed by atoms with Gasteiger partial charge in [-0.05, 0) is 68.5 Å². The molecule has 0 spiro atoms. The van der Waals surface area contributed by atoms with Crippen LogP contribution < -0.4 is 5.73 Å². The van der Waals surface area contributed by atoms with Gasteiger partial charge in [-0.25, -0.2) is 4.99 Å². The van der Waals surface area contributed by atoms with E-state index in [0.29, 0.717) is 23.4 Å². The Balaban J connectivity index is 2.37. The number of hydrogen-bond donors (Lipinski definition) is 1. The van der Waals surface area contributed by atoms with Crippen molar-refractivity contribution in [3.8, 4) is 0 Å². The molecule has 1 unspecified atom stereocenters. The summed E-state index contributed by atoms with van der Waals surface area (Å²) in [6, 6.07) is 0. The fourth-order valence-corrected chi connectivity index (χ4v) is 4.24. The lowest BCUT2D eigenvalue weighted by Gasteiger charge is -2.22. The first-order valence-electron chi connectivity index (χ1n) is 13.4. The smallest absolute Gasteiger partial charge is 0.250 e. The summed E-state index contributed by atoms with van der Waals surface area (Å²) in [6.45, 7) is 12.7. The van der Waals surface area contributed by atoms with Crippen LogP contribution in [0.1, 0.15) is 60.3 Å². The van der Waals surface area contributed by atoms with Crippen molar-refractivity contribution in [3.63, 3.8) is 0 Å². The zero-order valence-corrected chi connectivity index (χ0v) is 23.5. The lowest BCUT2D eigenvalue weighted by atomic mass is 9.94. The molecular formula is C31H44N4O2. The van der Waals surface area contributed by atoms with Gasteiger partial charge in [0.25, 0.3) is 0 Å². The minimum Gasteiger partial charge on any atom is -0.387 e. The van der Waals surface area contributed by atoms with Crippen molar-refractivity contribution in [2.24, 2.45) is 16.6 Å². The van der Waals surface area contributed by atoms with Crippen LogP contribution in [0.15, 0.2) is 87.3 Å². The first-order chi connectivity index (χ1) is 17.7. The molecule has 0 bridgehead atoms. The Labute approximate surface area is 223 Å². The average Bonchev–Trinajstić information content (AvgIpc) is 3.18. The van der Waals surface area contributed by atoms with Crippen LogP contribution in [-0.2, 0) is 9.59 Å². The van der Waals surface area contributed by atoms with Gasteiger partial charge in [0.1, 0.15) is 5.84 Å². The fraction of sp³-hybridized carbons (Fsp3) is 0.452. The molecule has 1 atom stereocenters. The van der Waals surface area contributed by atoms with Crippen molar-refractivity contribution in [2.45, 2.75) is 60.3 Å². The van der Waals surface area contributed by atoms with E-state index in [1.165, 1.54) is 5.57 Å². The molecule has 0 saturated heterocycles. The van der Waals surface area contributed by atoms with Gasteiger partial charge < -0.3 is 15.5 Å². The maximum atomic E-state index is 13.3. The molecule has 1 aliphatic carbocycles. The van der Waals surface area contributed by atoms with Crippen molar-refractivity contribution in [3.05, 3.63) is 82.3 Å². The van der Waals surface area contributed by atoms with Crippen LogP contribution in [0.4, 0.5) is 0 Å². The number of amidine groups is 1. The summed E-state index contributed by atoms with van der Waals surface area (Å²) in [6.07, 6.45) is 20.0. The second-order valence-electron chi connectivity index (χ2n) is 9.67. The molecule has 2 rings (SSSR count). The number of hydrogen-bond acceptors (Lipinski definition) is 5. The topological polar surface area (TPSA) is 79.0 Å². The Hall–Kier alpha value is -3.41. The van der Waals surface area contributed by atoms with Crippen LogP contribution >= 0.6 is 0 Å². The number of nitrogens with two attached hydrogens (primary N) is 1. The average molecular weight is 505 g/mol. The Morgan fingerprint density at radius 3 is 2.43 bits per heavy atom. The zero-order valence-electron chi connectivity index (χ0n) is 23.5. The van der Waals surface area contributed by atoms with Crippen LogP contribution in [0.2, 0.25) is 0 Å². The number of carbonyl (C=O) groups excluding carboxylic acids is 2. The van der Waals surface area contributed by atoms with Gasteiger partial charge >= 0.3 is 0 Å². The van der Waals surface area contributed by atoms with E-state index in [1.54, 1.807) is 0 Å². The quantitative estimate of drug-likeness (QED) is 0.349. The summed E-state index contributed by atoms with van der Waals surface area (Å²) in [4.78, 5) is 33.5. The Morgan fingerprint density at radius 1 is 1.11 bits per heavy atom. The Kier molecular flexibility index (Phi) is 12.1. The third kappa shape index (κ3) is 8.88. The lowest BCUT2D eigenvalue weighted by molar-refractivity contribution is -0.127. The number of aldehydes is 1. The first-order valence-corrected chi connectivity index (χ1v) is 13.4. The molecule has 0 saturated carbocycles. The summed E-state index contributed by atoms with van der Waals surface area (Å²) < 4.78 is 0. The third-order valence-electron chi connectivity index (χ3n) is 6.59. The highest BCUT2D eigenvalue weighted by Gasteiger charge is 2.20. The van der Waals surface area contributed by atoms with E-state index < -0.39 is 0 Å². The standard InChI is InChI=1S/C31H44N4O2/c1-7-16-35(17-8-2)31(37)29-20-26(24(5)33-30(32)21-29)14-13-23(4)25-11-10-12-28(22-36)27(19-25)15-18-34(6)9-3/h10,12-15,18-20,22-23H,7-9,11,16-17,21H2,1-6H3,(H2,32,33)/b14-13-,18-15-. The van der Waals surface area contributed by atoms with Crippen LogP contribution in [-0.4, -0.2) is 54.5 Å². The zero-order chi connectivity index (χ0) is 27.4. The molecule has 1 heterocycles. The molecule has 0 radical (unpaired) electrons. The van der Waals surface area contributed by atoms with Crippen LogP contribution in [0.5, 0.6) is 0 Å². The molecule has 0 aromatic heterocycles. The molecule has 0 aromatic carbocycles. The summed E-state index contributed by atoms with van der Waals surface area (Å²) in [5.74, 6) is 0.613. The Morgan fingerprint density at radius 2 is 1.81 bits per heavy atom. The van der Waals surface area contributed by atoms with Crippen LogP contribution in [0.3, 0.4) is 0 Å². The van der Waals surface area contributed by atoms with Gasteiger partial charge in [-0.1, -0.05) is 56.7 Å². The number of nitrogens with zero attached hydrogens (tertiary/aromatic N) is 3. The normalized spacial score (nSPS) is 17.4. The molecule has 37 heavy (non-hydrogen) atoms. The van der Waals surface area contributed by atoms with Crippen LogP contribution in [0, 0.1) is 5.92 Å². The van der Waals surface area contributed by atoms with E-state index in [9.17, 15) is 9.59 Å². The molecule has 0 fully saturated rings. The number of amides is 1. The summed E-state index contributed by atoms with van der Waals surface area (Å²) in [5.41, 5.74) is 11.3. The largest absolute Gasteiger partial charge is 0.387 e. The first kappa shape index (κ1) is 29.8. The third-order valence-corrected chi connectivity index (χ3v) is 6.59. The predicted octanol–water partition coefficient (Wildman–Crippen LogP) is 5.64. The van der Waals surface area contributed by atoms with Crippen molar-refractivity contribution in [2.75, 3.05) is 26.7 Å². The molecule has 200 valence electrons. The van der Waals surface area contributed by atoms with Gasteiger partial charge in [-0.2, -0.15) is 0 Å². The van der Waals surface area contributed by atoms with E-state index in [1.807, 2.05) is 55.5 Å². The van der Waals surface area contributed by atoms with Gasteiger partial charge in [0.05, 0.1) is 0 Å². The Bertz CT molecular complexity index is 1080. The number of rotatable bonds is 12. The molecular weight excluding hydrogens is 460 g/mol. The lowest BCUT2D eigenvalue weighted by Crippen LogP contribution is -2.34. The number of allylic oxidation sites excluding steroid dienone is 12. The molecule has 6 nitrogen and oxygen atoms in total. The van der Waals surface area contributed by atoms with Gasteiger partial charge in [-0.3, -0.25) is 9.59 Å². The van der Waals surface area contributed by atoms with Gasteiger partial charge in [-0.15, -0.1) is 0 Å². The van der Waals surface area contributed by atoms with E-state index in [0.717, 1.165) is 62.0 Å². The van der Waals surface area contributed by atoms with Crippen molar-refractivity contribution >= 4 is 18.0 Å². The monoisotopic (exact) mass is 504 g/mol. The molecule has 6 heteroatoms. The highest BCUT2D eigenvalue weighted by molar-refractivity contribution is 6.01. The predicted molar refractivity (Wildman–Crippen MR) is 155 cm³/mol. The highest BCUT2D eigenvalue weighted by Crippen LogP contribution is 2.26. The number of aliphatic imine (C=N–C) groups is 1. The van der Waals surface area contributed by atoms with Crippen molar-refractivity contribution in [1.29, 1.82) is 0 Å². The molecule has 1 aliphatic heterocycles. The fourth-order valence-electron chi connectivity index (χ4n) is 4.24. The van der Waals surface area contributed by atoms with Crippen molar-refractivity contribution in [1.82, 2.24) is 9.80 Å². The summed E-state index contributed by atoms with van der Waals surface area (Å²) >= 11 is 0. The minimum atomic E-state index is 0.0344. The summed E-state index contributed by atoms with van der Waals surface area (Å²) in [7, 11) is 2.01. The molecule has 0 aromatic rings. The van der Waals surface area contributed by atoms with Gasteiger partial charge in [0.2, 0.25) is 5.91 Å². The number of carbonyl (C=O) groups is 2. The van der Waals surface area contributed by atoms with E-state index in [2.05, 4.69) is 49.7 Å². The second kappa shape index (κ2) is 15.0. The highest BCUT2D eigenvalue weighted by atomic mass is 16.2. The molecule has 2 aliphatic rings. The van der Waals surface area contributed by atoms with Crippen molar-refractivity contribution < 1.29 is 9.59 Å². The SMILES string of the molecule is CCCN(CCC)C(=O)C1=CC(/C=C\C(C)C2=CC(/C=C\N(C)CC)=C(C=O)C=CC2)=C(C)N=C(N)C1. The van der Waals surface area contributed by atoms with E-state index >= 15 is 0 Å². The summed E-state index contributed by atoms with van der Waals surface area (Å²) in [5, 5.41) is 0. The molecule has 1 amide bonds. The van der Waals surface area contributed by atoms with Gasteiger partial charge in [0, 0.05) is 49.9 Å². The van der Waals surface area contributed by atoms with Gasteiger partial charge in [0.15, 0.2) is 6.29 Å². The van der Waals surface area contributed by atoms with E-state index in [4.69, 9.17) is 5.73 Å². The molecule has 2 N–H and O–H groups in total. The van der Waals surface area contributed by atoms with Crippen LogP contribution in [0.25, 0.3) is 0 Å². The maximum Gasteiger partial charge on any atom is 0.250 e. The van der Waals surface area contributed by atoms with E-state index in [-0.39, 0.29) is 11.8 Å².